The van der Waals surface area contributed by atoms with Gasteiger partial charge in [0.1, 0.15) is 5.82 Å². The maximum absolute atomic E-state index is 12.4. The molecule has 7 nitrogen and oxygen atoms in total. The van der Waals surface area contributed by atoms with E-state index in [1.165, 1.54) is 0 Å². The summed E-state index contributed by atoms with van der Waals surface area (Å²) >= 11 is 0. The number of likely N-dealkylation sites (tertiary alicyclic amines) is 1. The van der Waals surface area contributed by atoms with E-state index in [-0.39, 0.29) is 17.7 Å². The molecule has 0 radical (unpaired) electrons. The Morgan fingerprint density at radius 1 is 1.19 bits per heavy atom. The highest BCUT2D eigenvalue weighted by molar-refractivity contribution is 5.91. The number of carbonyl (C=O) groups is 2. The highest BCUT2D eigenvalue weighted by atomic mass is 16.2. The molecule has 2 fully saturated rings. The lowest BCUT2D eigenvalue weighted by Gasteiger charge is -2.32. The van der Waals surface area contributed by atoms with Gasteiger partial charge in [-0.05, 0) is 44.5 Å². The molecule has 0 aliphatic carbocycles. The van der Waals surface area contributed by atoms with E-state index in [4.69, 9.17) is 0 Å². The Bertz CT molecular complexity index is 605. The number of rotatable bonds is 5. The van der Waals surface area contributed by atoms with Crippen LogP contribution in [0.25, 0.3) is 0 Å². The maximum Gasteiger partial charge on any atom is 0.228 e. The summed E-state index contributed by atoms with van der Waals surface area (Å²) in [5.74, 6) is 0.942. The number of pyridine rings is 1. The normalized spacial score (nSPS) is 19.3. The molecule has 7 heteroatoms. The van der Waals surface area contributed by atoms with E-state index in [0.717, 1.165) is 64.2 Å². The Balaban J connectivity index is 1.37. The van der Waals surface area contributed by atoms with Crippen LogP contribution in [0.1, 0.15) is 24.8 Å². The Labute approximate surface area is 155 Å². The number of aromatic nitrogens is 1. The molecule has 2 amide bonds. The van der Waals surface area contributed by atoms with Crippen LogP contribution >= 0.6 is 0 Å². The van der Waals surface area contributed by atoms with Crippen molar-refractivity contribution in [2.75, 3.05) is 51.1 Å². The van der Waals surface area contributed by atoms with Crippen LogP contribution in [0.4, 0.5) is 5.82 Å². The monoisotopic (exact) mass is 359 g/mol. The van der Waals surface area contributed by atoms with Crippen LogP contribution in [0.3, 0.4) is 0 Å². The summed E-state index contributed by atoms with van der Waals surface area (Å²) in [7, 11) is 0. The quantitative estimate of drug-likeness (QED) is 0.815. The predicted octanol–water partition coefficient (Wildman–Crippen LogP) is 0.862. The van der Waals surface area contributed by atoms with Crippen molar-refractivity contribution in [2.24, 2.45) is 5.92 Å². The number of hydrogen-bond donors (Lipinski definition) is 2. The molecule has 0 spiro atoms. The van der Waals surface area contributed by atoms with Crippen LogP contribution in [-0.2, 0) is 9.59 Å². The Morgan fingerprint density at radius 3 is 2.58 bits per heavy atom. The lowest BCUT2D eigenvalue weighted by molar-refractivity contribution is -0.132. The van der Waals surface area contributed by atoms with Crippen molar-refractivity contribution in [1.82, 2.24) is 20.1 Å². The Kier molecular flexibility index (Phi) is 6.57. The first-order chi connectivity index (χ1) is 12.6. The molecule has 2 aliphatic rings. The summed E-state index contributed by atoms with van der Waals surface area (Å²) < 4.78 is 0. The SMILES string of the molecule is Cc1ccc(NC(=O)C2CCN(CCC(=O)N3CCNCC3)CC2)nc1. The summed E-state index contributed by atoms with van der Waals surface area (Å²) in [5.41, 5.74) is 1.08. The van der Waals surface area contributed by atoms with Crippen molar-refractivity contribution >= 4 is 17.6 Å². The second-order valence-electron chi connectivity index (χ2n) is 7.21. The van der Waals surface area contributed by atoms with E-state index in [1.807, 2.05) is 24.0 Å². The summed E-state index contributed by atoms with van der Waals surface area (Å²) in [6, 6.07) is 3.78. The first-order valence-electron chi connectivity index (χ1n) is 9.56. The molecular weight excluding hydrogens is 330 g/mol. The fourth-order valence-electron chi connectivity index (χ4n) is 3.51. The first-order valence-corrected chi connectivity index (χ1v) is 9.56. The molecule has 0 saturated carbocycles. The van der Waals surface area contributed by atoms with E-state index < -0.39 is 0 Å². The van der Waals surface area contributed by atoms with Crippen LogP contribution < -0.4 is 10.6 Å². The van der Waals surface area contributed by atoms with Gasteiger partial charge in [0.2, 0.25) is 11.8 Å². The molecule has 3 rings (SSSR count). The van der Waals surface area contributed by atoms with Crippen LogP contribution in [-0.4, -0.2) is 72.4 Å². The van der Waals surface area contributed by atoms with Gasteiger partial charge in [0.05, 0.1) is 0 Å². The number of carbonyl (C=O) groups excluding carboxylic acids is 2. The molecule has 3 heterocycles. The largest absolute Gasteiger partial charge is 0.340 e. The first kappa shape index (κ1) is 18.8. The van der Waals surface area contributed by atoms with Gasteiger partial charge in [-0.25, -0.2) is 4.98 Å². The zero-order valence-corrected chi connectivity index (χ0v) is 15.5. The topological polar surface area (TPSA) is 77.6 Å². The molecule has 142 valence electrons. The van der Waals surface area contributed by atoms with Gasteiger partial charge < -0.3 is 20.4 Å². The second-order valence-corrected chi connectivity index (χ2v) is 7.21. The van der Waals surface area contributed by atoms with Gasteiger partial charge in [0.25, 0.3) is 0 Å². The minimum atomic E-state index is 0.0261. The molecule has 1 aromatic heterocycles. The fraction of sp³-hybridized carbons (Fsp3) is 0.632. The number of anilines is 1. The van der Waals surface area contributed by atoms with Crippen LogP contribution in [0.15, 0.2) is 18.3 Å². The highest BCUT2D eigenvalue weighted by Gasteiger charge is 2.26. The third-order valence-corrected chi connectivity index (χ3v) is 5.23. The molecule has 26 heavy (non-hydrogen) atoms. The van der Waals surface area contributed by atoms with E-state index in [2.05, 4.69) is 20.5 Å². The van der Waals surface area contributed by atoms with Gasteiger partial charge in [-0.3, -0.25) is 9.59 Å². The van der Waals surface area contributed by atoms with Gasteiger partial charge in [0, 0.05) is 51.3 Å². The third kappa shape index (κ3) is 5.25. The second kappa shape index (κ2) is 9.09. The molecule has 2 aliphatic heterocycles. The van der Waals surface area contributed by atoms with E-state index >= 15 is 0 Å². The van der Waals surface area contributed by atoms with E-state index in [9.17, 15) is 9.59 Å². The van der Waals surface area contributed by atoms with Gasteiger partial charge in [-0.2, -0.15) is 0 Å². The average molecular weight is 359 g/mol. The summed E-state index contributed by atoms with van der Waals surface area (Å²) in [5, 5.41) is 6.18. The number of piperazine rings is 1. The van der Waals surface area contributed by atoms with Crippen LogP contribution in [0.2, 0.25) is 0 Å². The van der Waals surface area contributed by atoms with Gasteiger partial charge in [-0.1, -0.05) is 6.07 Å². The number of nitrogens with one attached hydrogen (secondary N) is 2. The van der Waals surface area contributed by atoms with Crippen molar-refractivity contribution < 1.29 is 9.59 Å². The zero-order valence-electron chi connectivity index (χ0n) is 15.5. The van der Waals surface area contributed by atoms with Crippen LogP contribution in [0.5, 0.6) is 0 Å². The minimum absolute atomic E-state index is 0.0261. The van der Waals surface area contributed by atoms with Crippen molar-refractivity contribution in [3.05, 3.63) is 23.9 Å². The molecule has 0 atom stereocenters. The van der Waals surface area contributed by atoms with E-state index in [1.54, 1.807) is 6.20 Å². The summed E-state index contributed by atoms with van der Waals surface area (Å²) in [6.45, 7) is 7.91. The van der Waals surface area contributed by atoms with Gasteiger partial charge >= 0.3 is 0 Å². The van der Waals surface area contributed by atoms with Crippen LogP contribution in [0, 0.1) is 12.8 Å². The summed E-state index contributed by atoms with van der Waals surface area (Å²) in [6.07, 6.45) is 4.00. The Morgan fingerprint density at radius 2 is 1.92 bits per heavy atom. The van der Waals surface area contributed by atoms with Crippen molar-refractivity contribution in [1.29, 1.82) is 0 Å². The van der Waals surface area contributed by atoms with Crippen molar-refractivity contribution in [3.63, 3.8) is 0 Å². The Hall–Kier alpha value is -1.99. The molecule has 0 unspecified atom stereocenters. The molecule has 1 aromatic rings. The number of nitrogens with zero attached hydrogens (tertiary/aromatic N) is 3. The molecule has 2 saturated heterocycles. The standard InChI is InChI=1S/C19H29N5O2/c1-15-2-3-17(21-14-15)22-19(26)16-4-9-23(10-5-16)11-6-18(25)24-12-7-20-8-13-24/h2-3,14,16,20H,4-13H2,1H3,(H,21,22,26). The lowest BCUT2D eigenvalue weighted by Crippen LogP contribution is -2.47. The molecule has 0 bridgehead atoms. The van der Waals surface area contributed by atoms with Crippen molar-refractivity contribution in [3.8, 4) is 0 Å². The number of aryl methyl sites for hydroxylation is 1. The number of piperidine rings is 1. The average Bonchev–Trinajstić information content (AvgIpc) is 2.69. The maximum atomic E-state index is 12.4. The van der Waals surface area contributed by atoms with Crippen molar-refractivity contribution in [2.45, 2.75) is 26.2 Å². The lowest BCUT2D eigenvalue weighted by atomic mass is 9.96. The number of hydrogen-bond acceptors (Lipinski definition) is 5. The minimum Gasteiger partial charge on any atom is -0.340 e. The molecular formula is C19H29N5O2. The molecule has 0 aromatic carbocycles. The molecule has 2 N–H and O–H groups in total. The van der Waals surface area contributed by atoms with E-state index in [0.29, 0.717) is 12.2 Å². The third-order valence-electron chi connectivity index (χ3n) is 5.23. The fourth-order valence-corrected chi connectivity index (χ4v) is 3.51. The van der Waals surface area contributed by atoms with Gasteiger partial charge in [-0.15, -0.1) is 0 Å². The smallest absolute Gasteiger partial charge is 0.228 e. The number of amides is 2. The highest BCUT2D eigenvalue weighted by Crippen LogP contribution is 2.19. The summed E-state index contributed by atoms with van der Waals surface area (Å²) in [4.78, 5) is 33.1. The predicted molar refractivity (Wildman–Crippen MR) is 101 cm³/mol. The van der Waals surface area contributed by atoms with Gasteiger partial charge in [0.15, 0.2) is 0 Å². The zero-order chi connectivity index (χ0) is 18.4.